The van der Waals surface area contributed by atoms with Gasteiger partial charge in [-0.2, -0.15) is 26.3 Å². The second-order valence-corrected chi connectivity index (χ2v) is 7.26. The molecule has 2 N–H and O–H groups in total. The average molecular weight is 490 g/mol. The maximum Gasteiger partial charge on any atom is 0.427 e. The maximum atomic E-state index is 14.2. The molecule has 0 radical (unpaired) electrons. The van der Waals surface area contributed by atoms with Gasteiger partial charge in [-0.15, -0.1) is 0 Å². The molecule has 0 unspecified atom stereocenters. The zero-order chi connectivity index (χ0) is 24.2. The van der Waals surface area contributed by atoms with Crippen LogP contribution in [0.5, 0.6) is 0 Å². The third-order valence-electron chi connectivity index (χ3n) is 4.83. The van der Waals surface area contributed by atoms with Crippen molar-refractivity contribution in [1.29, 1.82) is 0 Å². The summed E-state index contributed by atoms with van der Waals surface area (Å²) in [7, 11) is 0. The predicted molar refractivity (Wildman–Crippen MR) is 106 cm³/mol. The molecule has 0 atom stereocenters. The SMILES string of the molecule is O=c1[nH]c(=O)n(-c2ccc(Cl)cc2)c2c1C(C(F)(F)F)(C(F)(F)F)N=C(c1cccnc1)N2. The number of rotatable bonds is 2. The van der Waals surface area contributed by atoms with Crippen LogP contribution in [0.15, 0.2) is 63.4 Å². The topological polar surface area (TPSA) is 92.1 Å². The summed E-state index contributed by atoms with van der Waals surface area (Å²) in [6.45, 7) is 0. The highest BCUT2D eigenvalue weighted by Gasteiger charge is 2.75. The van der Waals surface area contributed by atoms with Crippen LogP contribution in [0.3, 0.4) is 0 Å². The molecule has 0 spiro atoms. The Balaban J connectivity index is 2.18. The highest BCUT2D eigenvalue weighted by Crippen LogP contribution is 2.55. The highest BCUT2D eigenvalue weighted by molar-refractivity contribution is 6.30. The van der Waals surface area contributed by atoms with Crippen molar-refractivity contribution >= 4 is 23.3 Å². The Kier molecular flexibility index (Phi) is 5.11. The van der Waals surface area contributed by atoms with Crippen LogP contribution in [-0.4, -0.2) is 32.7 Å². The number of halogens is 7. The summed E-state index contributed by atoms with van der Waals surface area (Å²) in [6.07, 6.45) is -9.99. The van der Waals surface area contributed by atoms with Crippen molar-refractivity contribution in [2.24, 2.45) is 4.99 Å². The lowest BCUT2D eigenvalue weighted by atomic mass is 9.87. The minimum Gasteiger partial charge on any atom is -0.325 e. The van der Waals surface area contributed by atoms with Crippen LogP contribution in [0.2, 0.25) is 5.02 Å². The van der Waals surface area contributed by atoms with E-state index in [1.54, 1.807) is 0 Å². The number of alkyl halides is 6. The quantitative estimate of drug-likeness (QED) is 0.536. The number of hydrogen-bond donors (Lipinski definition) is 2. The molecule has 33 heavy (non-hydrogen) atoms. The largest absolute Gasteiger partial charge is 0.427 e. The summed E-state index contributed by atoms with van der Waals surface area (Å²) >= 11 is 5.79. The number of aromatic amines is 1. The Morgan fingerprint density at radius 2 is 1.61 bits per heavy atom. The van der Waals surface area contributed by atoms with Gasteiger partial charge in [0.25, 0.3) is 11.1 Å². The molecular formula is C19H10ClF6N5O2. The lowest BCUT2D eigenvalue weighted by Crippen LogP contribution is -2.59. The molecule has 1 aliphatic heterocycles. The normalized spacial score (nSPS) is 15.4. The number of benzene rings is 1. The van der Waals surface area contributed by atoms with Crippen molar-refractivity contribution in [3.8, 4) is 5.69 Å². The van der Waals surface area contributed by atoms with Crippen molar-refractivity contribution in [2.75, 3.05) is 5.32 Å². The predicted octanol–water partition coefficient (Wildman–Crippen LogP) is 3.77. The van der Waals surface area contributed by atoms with Gasteiger partial charge in [-0.3, -0.25) is 14.8 Å². The van der Waals surface area contributed by atoms with E-state index >= 15 is 0 Å². The van der Waals surface area contributed by atoms with E-state index in [2.05, 4.69) is 15.3 Å². The fourth-order valence-electron chi connectivity index (χ4n) is 3.40. The van der Waals surface area contributed by atoms with Crippen molar-refractivity contribution < 1.29 is 26.3 Å². The van der Waals surface area contributed by atoms with Crippen molar-refractivity contribution in [2.45, 2.75) is 17.9 Å². The Morgan fingerprint density at radius 3 is 2.15 bits per heavy atom. The zero-order valence-corrected chi connectivity index (χ0v) is 16.7. The molecule has 0 amide bonds. The van der Waals surface area contributed by atoms with Gasteiger partial charge in [0.15, 0.2) is 0 Å². The van der Waals surface area contributed by atoms with Crippen molar-refractivity contribution in [1.82, 2.24) is 14.5 Å². The van der Waals surface area contributed by atoms with Gasteiger partial charge in [0.1, 0.15) is 17.2 Å². The van der Waals surface area contributed by atoms with E-state index < -0.39 is 46.4 Å². The molecular weight excluding hydrogens is 480 g/mol. The summed E-state index contributed by atoms with van der Waals surface area (Å²) in [6, 6.07) is 7.33. The molecule has 0 saturated carbocycles. The summed E-state index contributed by atoms with van der Waals surface area (Å²) in [5, 5.41) is 2.49. The van der Waals surface area contributed by atoms with E-state index in [9.17, 15) is 35.9 Å². The molecule has 14 heteroatoms. The van der Waals surface area contributed by atoms with Gasteiger partial charge in [-0.05, 0) is 36.4 Å². The van der Waals surface area contributed by atoms with Gasteiger partial charge in [0.05, 0.1) is 5.69 Å². The molecule has 1 aliphatic rings. The Bertz CT molecular complexity index is 1350. The second-order valence-electron chi connectivity index (χ2n) is 6.83. The number of nitrogens with one attached hydrogen (secondary N) is 2. The van der Waals surface area contributed by atoms with Crippen molar-refractivity contribution in [3.63, 3.8) is 0 Å². The second kappa shape index (κ2) is 7.47. The fraction of sp³-hybridized carbons (Fsp3) is 0.158. The zero-order valence-electron chi connectivity index (χ0n) is 15.9. The lowest BCUT2D eigenvalue weighted by molar-refractivity contribution is -0.301. The molecule has 4 rings (SSSR count). The highest BCUT2D eigenvalue weighted by atomic mass is 35.5. The van der Waals surface area contributed by atoms with Crippen LogP contribution in [0.1, 0.15) is 11.1 Å². The fourth-order valence-corrected chi connectivity index (χ4v) is 3.53. The first-order valence-corrected chi connectivity index (χ1v) is 9.31. The van der Waals surface area contributed by atoms with E-state index in [4.69, 9.17) is 11.6 Å². The van der Waals surface area contributed by atoms with E-state index in [0.29, 0.717) is 4.57 Å². The van der Waals surface area contributed by atoms with Crippen LogP contribution in [0.25, 0.3) is 5.69 Å². The molecule has 0 aliphatic carbocycles. The monoisotopic (exact) mass is 489 g/mol. The number of hydrogen-bond acceptors (Lipinski definition) is 5. The first-order valence-electron chi connectivity index (χ1n) is 8.93. The van der Waals surface area contributed by atoms with Crippen LogP contribution < -0.4 is 16.6 Å². The number of fused-ring (bicyclic) bond motifs is 1. The minimum absolute atomic E-state index is 0.157. The smallest absolute Gasteiger partial charge is 0.325 e. The molecule has 3 heterocycles. The molecule has 0 fully saturated rings. The molecule has 172 valence electrons. The Labute approximate surface area is 184 Å². The summed E-state index contributed by atoms with van der Waals surface area (Å²) in [5.41, 5.74) is -10.4. The molecule has 3 aromatic rings. The molecule has 7 nitrogen and oxygen atoms in total. The summed E-state index contributed by atoms with van der Waals surface area (Å²) < 4.78 is 85.7. The first-order chi connectivity index (χ1) is 15.4. The van der Waals surface area contributed by atoms with Gasteiger partial charge >= 0.3 is 18.0 Å². The number of aliphatic imine (C=N–C) groups is 1. The molecule has 0 bridgehead atoms. The molecule has 2 aromatic heterocycles. The number of anilines is 1. The van der Waals surface area contributed by atoms with Crippen LogP contribution >= 0.6 is 11.6 Å². The number of nitrogens with zero attached hydrogens (tertiary/aromatic N) is 3. The third-order valence-corrected chi connectivity index (χ3v) is 5.08. The standard InChI is InChI=1S/C19H10ClF6N5O2/c20-10-3-5-11(6-4-10)31-14-12(15(32)29-16(31)33)17(18(21,22)23,19(24,25)26)30-13(28-14)9-2-1-7-27-8-9/h1-8H,(H,28,30)(H,29,32,33). The lowest BCUT2D eigenvalue weighted by Gasteiger charge is -2.38. The minimum atomic E-state index is -6.11. The van der Waals surface area contributed by atoms with Gasteiger partial charge in [0.2, 0.25) is 0 Å². The van der Waals surface area contributed by atoms with Crippen LogP contribution in [-0.2, 0) is 5.54 Å². The maximum absolute atomic E-state index is 14.2. The number of pyridine rings is 1. The van der Waals surface area contributed by atoms with Gasteiger partial charge in [-0.1, -0.05) is 11.6 Å². The molecule has 0 saturated heterocycles. The van der Waals surface area contributed by atoms with Crippen LogP contribution in [0, 0.1) is 0 Å². The number of H-pyrrole nitrogens is 1. The van der Waals surface area contributed by atoms with Gasteiger partial charge in [-0.25, -0.2) is 14.4 Å². The molecule has 1 aromatic carbocycles. The first kappa shape index (κ1) is 22.6. The van der Waals surface area contributed by atoms with Gasteiger partial charge in [0, 0.05) is 23.0 Å². The third kappa shape index (κ3) is 3.48. The van der Waals surface area contributed by atoms with Gasteiger partial charge < -0.3 is 5.32 Å². The Hall–Kier alpha value is -3.61. The van der Waals surface area contributed by atoms with E-state index in [0.717, 1.165) is 6.20 Å². The average Bonchev–Trinajstić information content (AvgIpc) is 2.73. The van der Waals surface area contributed by atoms with Crippen molar-refractivity contribution in [3.05, 3.63) is 85.8 Å². The summed E-state index contributed by atoms with van der Waals surface area (Å²) in [5.74, 6) is -1.94. The number of aromatic nitrogens is 3. The van der Waals surface area contributed by atoms with E-state index in [1.165, 1.54) is 47.6 Å². The summed E-state index contributed by atoms with van der Waals surface area (Å²) in [4.78, 5) is 33.2. The number of amidine groups is 1. The van der Waals surface area contributed by atoms with E-state index in [1.807, 2.05) is 0 Å². The Morgan fingerprint density at radius 1 is 0.970 bits per heavy atom. The van der Waals surface area contributed by atoms with E-state index in [-0.39, 0.29) is 16.3 Å². The van der Waals surface area contributed by atoms with Crippen LogP contribution in [0.4, 0.5) is 32.2 Å².